The Morgan fingerprint density at radius 1 is 1.23 bits per heavy atom. The Bertz CT molecular complexity index is 207. The number of hydrogen-bond donors (Lipinski definition) is 0. The number of aldehydes is 1. The molecule has 0 aromatic rings. The number of allylic oxidation sites excluding steroid dienone is 4. The Labute approximate surface area is 80.5 Å². The summed E-state index contributed by atoms with van der Waals surface area (Å²) in [6.07, 6.45) is 13.4. The van der Waals surface area contributed by atoms with E-state index in [1.54, 1.807) is 6.08 Å². The van der Waals surface area contributed by atoms with E-state index in [9.17, 15) is 4.79 Å². The van der Waals surface area contributed by atoms with Gasteiger partial charge in [-0.3, -0.25) is 4.79 Å². The molecule has 1 heteroatoms. The van der Waals surface area contributed by atoms with Gasteiger partial charge in [0, 0.05) is 0 Å². The van der Waals surface area contributed by atoms with Gasteiger partial charge in [0.05, 0.1) is 0 Å². The Balaban J connectivity index is 2.42. The monoisotopic (exact) mass is 178 g/mol. The summed E-state index contributed by atoms with van der Waals surface area (Å²) in [5, 5.41) is 0. The fourth-order valence-electron chi connectivity index (χ4n) is 1.92. The highest BCUT2D eigenvalue weighted by atomic mass is 16.1. The standard InChI is InChI=1S/C12H18O/c1-11(6-5-9-13)10-12-7-3-2-4-8-12/h5-6,9-10,12H,2-4,7-8H2,1H3. The third-order valence-corrected chi connectivity index (χ3v) is 2.59. The highest BCUT2D eigenvalue weighted by Gasteiger charge is 2.09. The summed E-state index contributed by atoms with van der Waals surface area (Å²) in [6, 6.07) is 0. The van der Waals surface area contributed by atoms with Crippen LogP contribution in [0.5, 0.6) is 0 Å². The van der Waals surface area contributed by atoms with Gasteiger partial charge in [0.2, 0.25) is 0 Å². The van der Waals surface area contributed by atoms with Crippen LogP contribution in [0, 0.1) is 5.92 Å². The molecule has 0 bridgehead atoms. The SMILES string of the molecule is CC(C=CC=O)=CC1CCCCC1. The molecule has 0 aromatic carbocycles. The van der Waals surface area contributed by atoms with Crippen molar-refractivity contribution < 1.29 is 4.79 Å². The molecule has 0 aromatic heterocycles. The molecule has 72 valence electrons. The largest absolute Gasteiger partial charge is 0.299 e. The van der Waals surface area contributed by atoms with Gasteiger partial charge in [-0.1, -0.05) is 37.0 Å². The highest BCUT2D eigenvalue weighted by molar-refractivity contribution is 5.65. The van der Waals surface area contributed by atoms with E-state index in [4.69, 9.17) is 0 Å². The summed E-state index contributed by atoms with van der Waals surface area (Å²) in [5.74, 6) is 0.755. The Morgan fingerprint density at radius 2 is 1.92 bits per heavy atom. The van der Waals surface area contributed by atoms with E-state index in [-0.39, 0.29) is 0 Å². The van der Waals surface area contributed by atoms with Crippen molar-refractivity contribution in [3.8, 4) is 0 Å². The van der Waals surface area contributed by atoms with E-state index in [1.165, 1.54) is 37.7 Å². The van der Waals surface area contributed by atoms with Crippen LogP contribution in [-0.2, 0) is 4.79 Å². The minimum absolute atomic E-state index is 0.755. The second kappa shape index (κ2) is 5.74. The third-order valence-electron chi connectivity index (χ3n) is 2.59. The van der Waals surface area contributed by atoms with Gasteiger partial charge in [-0.2, -0.15) is 0 Å². The van der Waals surface area contributed by atoms with Gasteiger partial charge in [-0.15, -0.1) is 0 Å². The number of rotatable bonds is 3. The molecular weight excluding hydrogens is 160 g/mol. The minimum atomic E-state index is 0.755. The van der Waals surface area contributed by atoms with Gasteiger partial charge >= 0.3 is 0 Å². The molecule has 0 aliphatic heterocycles. The summed E-state index contributed by atoms with van der Waals surface area (Å²) < 4.78 is 0. The molecule has 0 amide bonds. The summed E-state index contributed by atoms with van der Waals surface area (Å²) in [4.78, 5) is 10.1. The fraction of sp³-hybridized carbons (Fsp3) is 0.583. The van der Waals surface area contributed by atoms with Crippen LogP contribution in [0.3, 0.4) is 0 Å². The topological polar surface area (TPSA) is 17.1 Å². The van der Waals surface area contributed by atoms with Gasteiger partial charge in [-0.25, -0.2) is 0 Å². The molecule has 1 nitrogen and oxygen atoms in total. The molecule has 0 atom stereocenters. The molecule has 1 fully saturated rings. The van der Waals surface area contributed by atoms with E-state index in [1.807, 2.05) is 6.08 Å². The van der Waals surface area contributed by atoms with Crippen LogP contribution < -0.4 is 0 Å². The van der Waals surface area contributed by atoms with Crippen molar-refractivity contribution in [3.63, 3.8) is 0 Å². The Hall–Kier alpha value is -0.850. The van der Waals surface area contributed by atoms with Gasteiger partial charge in [0.25, 0.3) is 0 Å². The zero-order valence-corrected chi connectivity index (χ0v) is 8.33. The van der Waals surface area contributed by atoms with Crippen LogP contribution in [0.25, 0.3) is 0 Å². The van der Waals surface area contributed by atoms with Crippen LogP contribution in [0.2, 0.25) is 0 Å². The van der Waals surface area contributed by atoms with Crippen molar-refractivity contribution in [2.45, 2.75) is 39.0 Å². The molecule has 0 heterocycles. The Morgan fingerprint density at radius 3 is 2.54 bits per heavy atom. The zero-order valence-electron chi connectivity index (χ0n) is 8.33. The maximum atomic E-state index is 10.1. The van der Waals surface area contributed by atoms with E-state index in [2.05, 4.69) is 13.0 Å². The molecule has 0 spiro atoms. The average Bonchev–Trinajstić information content (AvgIpc) is 2.16. The fourth-order valence-corrected chi connectivity index (χ4v) is 1.92. The molecule has 1 saturated carbocycles. The molecule has 0 N–H and O–H groups in total. The lowest BCUT2D eigenvalue weighted by atomic mass is 9.88. The first kappa shape index (κ1) is 10.2. The van der Waals surface area contributed by atoms with E-state index >= 15 is 0 Å². The molecule has 0 saturated heterocycles. The summed E-state index contributed by atoms with van der Waals surface area (Å²) in [7, 11) is 0. The molecule has 0 radical (unpaired) electrons. The van der Waals surface area contributed by atoms with Crippen molar-refractivity contribution in [3.05, 3.63) is 23.8 Å². The van der Waals surface area contributed by atoms with Gasteiger partial charge in [0.1, 0.15) is 6.29 Å². The summed E-state index contributed by atoms with van der Waals surface area (Å²) in [5.41, 5.74) is 1.22. The van der Waals surface area contributed by atoms with Crippen LogP contribution in [0.1, 0.15) is 39.0 Å². The number of carbonyl (C=O) groups is 1. The van der Waals surface area contributed by atoms with Crippen molar-refractivity contribution in [2.24, 2.45) is 5.92 Å². The molecule has 1 rings (SSSR count). The second-order valence-corrected chi connectivity index (χ2v) is 3.80. The lowest BCUT2D eigenvalue weighted by Gasteiger charge is -2.18. The minimum Gasteiger partial charge on any atom is -0.299 e. The quantitative estimate of drug-likeness (QED) is 0.368. The number of hydrogen-bond acceptors (Lipinski definition) is 1. The first-order valence-electron chi connectivity index (χ1n) is 5.13. The molecular formula is C12H18O. The van der Waals surface area contributed by atoms with E-state index in [0.717, 1.165) is 12.2 Å². The summed E-state index contributed by atoms with van der Waals surface area (Å²) in [6.45, 7) is 2.06. The maximum Gasteiger partial charge on any atom is 0.142 e. The van der Waals surface area contributed by atoms with Crippen molar-refractivity contribution >= 4 is 6.29 Å². The van der Waals surface area contributed by atoms with Crippen molar-refractivity contribution in [1.82, 2.24) is 0 Å². The first-order valence-corrected chi connectivity index (χ1v) is 5.13. The van der Waals surface area contributed by atoms with E-state index < -0.39 is 0 Å². The normalized spacial score (nSPS) is 20.8. The lowest BCUT2D eigenvalue weighted by Crippen LogP contribution is -2.03. The average molecular weight is 178 g/mol. The van der Waals surface area contributed by atoms with Crippen molar-refractivity contribution in [1.29, 1.82) is 0 Å². The third kappa shape index (κ3) is 4.07. The molecule has 1 aliphatic carbocycles. The van der Waals surface area contributed by atoms with Crippen LogP contribution in [0.4, 0.5) is 0 Å². The Kier molecular flexibility index (Phi) is 4.52. The van der Waals surface area contributed by atoms with Crippen LogP contribution >= 0.6 is 0 Å². The second-order valence-electron chi connectivity index (χ2n) is 3.80. The highest BCUT2D eigenvalue weighted by Crippen LogP contribution is 2.25. The van der Waals surface area contributed by atoms with Crippen LogP contribution in [-0.4, -0.2) is 6.29 Å². The molecule has 1 aliphatic rings. The van der Waals surface area contributed by atoms with Gasteiger partial charge in [-0.05, 0) is 31.8 Å². The molecule has 13 heavy (non-hydrogen) atoms. The van der Waals surface area contributed by atoms with Crippen molar-refractivity contribution in [2.75, 3.05) is 0 Å². The maximum absolute atomic E-state index is 10.1. The van der Waals surface area contributed by atoms with Crippen LogP contribution in [0.15, 0.2) is 23.8 Å². The van der Waals surface area contributed by atoms with E-state index in [0.29, 0.717) is 0 Å². The number of carbonyl (C=O) groups excluding carboxylic acids is 1. The first-order chi connectivity index (χ1) is 6.33. The predicted molar refractivity (Wildman–Crippen MR) is 55.5 cm³/mol. The smallest absolute Gasteiger partial charge is 0.142 e. The lowest BCUT2D eigenvalue weighted by molar-refractivity contribution is -0.104. The molecule has 0 unspecified atom stereocenters. The predicted octanol–water partition coefficient (Wildman–Crippen LogP) is 3.27. The zero-order chi connectivity index (χ0) is 9.52. The van der Waals surface area contributed by atoms with Gasteiger partial charge < -0.3 is 0 Å². The van der Waals surface area contributed by atoms with Gasteiger partial charge in [0.15, 0.2) is 0 Å². The summed E-state index contributed by atoms with van der Waals surface area (Å²) >= 11 is 0.